The first-order valence-corrected chi connectivity index (χ1v) is 8.35. The van der Waals surface area contributed by atoms with Gasteiger partial charge in [0, 0.05) is 30.3 Å². The molecule has 0 radical (unpaired) electrons. The Bertz CT molecular complexity index is 676. The molecule has 7 nitrogen and oxygen atoms in total. The second-order valence-corrected chi connectivity index (χ2v) is 6.01. The van der Waals surface area contributed by atoms with E-state index in [1.54, 1.807) is 6.07 Å². The fraction of sp³-hybridized carbons (Fsp3) is 0.467. The van der Waals surface area contributed by atoms with Gasteiger partial charge in [0.05, 0.1) is 10.7 Å². The number of aromatic nitrogens is 2. The maximum absolute atomic E-state index is 12.0. The molecule has 2 aromatic heterocycles. The van der Waals surface area contributed by atoms with Crippen LogP contribution in [0.4, 0.5) is 0 Å². The summed E-state index contributed by atoms with van der Waals surface area (Å²) in [7, 11) is 0. The molecule has 124 valence electrons. The molecule has 2 N–H and O–H groups in total. The molecule has 8 heteroatoms. The van der Waals surface area contributed by atoms with Crippen LogP contribution < -0.4 is 5.32 Å². The molecule has 0 saturated carbocycles. The number of aromatic carboxylic acids is 1. The van der Waals surface area contributed by atoms with Crippen LogP contribution in [0.2, 0.25) is 0 Å². The summed E-state index contributed by atoms with van der Waals surface area (Å²) in [5.41, 5.74) is 0.826. The van der Waals surface area contributed by atoms with Crippen LogP contribution in [0.5, 0.6) is 0 Å². The third-order valence-electron chi connectivity index (χ3n) is 3.55. The number of nitrogens with one attached hydrogen (secondary N) is 1. The van der Waals surface area contributed by atoms with Gasteiger partial charge in [0.25, 0.3) is 5.91 Å². The van der Waals surface area contributed by atoms with Crippen molar-refractivity contribution >= 4 is 23.2 Å². The normalized spacial score (nSPS) is 10.9. The lowest BCUT2D eigenvalue weighted by Gasteiger charge is -2.05. The maximum atomic E-state index is 12.0. The van der Waals surface area contributed by atoms with Crippen LogP contribution in [0.25, 0.3) is 0 Å². The van der Waals surface area contributed by atoms with Crippen LogP contribution in [0.3, 0.4) is 0 Å². The van der Waals surface area contributed by atoms with Crippen molar-refractivity contribution in [1.82, 2.24) is 15.5 Å². The smallest absolute Gasteiger partial charge is 0.355 e. The first kappa shape index (κ1) is 17.1. The number of thiazole rings is 1. The molecule has 2 aromatic rings. The summed E-state index contributed by atoms with van der Waals surface area (Å²) in [6.07, 6.45) is 2.36. The average molecular weight is 337 g/mol. The van der Waals surface area contributed by atoms with Gasteiger partial charge >= 0.3 is 5.97 Å². The third-order valence-corrected chi connectivity index (χ3v) is 4.46. The number of amides is 1. The van der Waals surface area contributed by atoms with Crippen LogP contribution in [0.1, 0.15) is 64.4 Å². The van der Waals surface area contributed by atoms with Crippen molar-refractivity contribution in [3.05, 3.63) is 33.6 Å². The predicted octanol–water partition coefficient (Wildman–Crippen LogP) is 2.71. The summed E-state index contributed by atoms with van der Waals surface area (Å²) in [6.45, 7) is 4.50. The Morgan fingerprint density at radius 1 is 1.39 bits per heavy atom. The standard InChI is InChI=1S/C15H19N3O4S/c1-3-9(4-2)10-7-12(22-18-10)14(19)16-6-5-13-17-11(8-23-13)15(20)21/h7-9H,3-6H2,1-2H3,(H,16,19)(H,20,21). The highest BCUT2D eigenvalue weighted by atomic mass is 32.1. The Kier molecular flexibility index (Phi) is 5.86. The molecular weight excluding hydrogens is 318 g/mol. The van der Waals surface area contributed by atoms with Gasteiger partial charge in [-0.15, -0.1) is 11.3 Å². The minimum atomic E-state index is -1.05. The second kappa shape index (κ2) is 7.87. The van der Waals surface area contributed by atoms with Gasteiger partial charge in [-0.05, 0) is 12.8 Å². The highest BCUT2D eigenvalue weighted by molar-refractivity contribution is 7.09. The van der Waals surface area contributed by atoms with E-state index >= 15 is 0 Å². The number of carbonyl (C=O) groups is 2. The summed E-state index contributed by atoms with van der Waals surface area (Å²) < 4.78 is 5.10. The Labute approximate surface area is 137 Å². The van der Waals surface area contributed by atoms with Gasteiger partial charge < -0.3 is 14.9 Å². The molecule has 2 rings (SSSR count). The number of rotatable bonds is 8. The van der Waals surface area contributed by atoms with Gasteiger partial charge in [-0.1, -0.05) is 19.0 Å². The monoisotopic (exact) mass is 337 g/mol. The van der Waals surface area contributed by atoms with Crippen molar-refractivity contribution in [3.8, 4) is 0 Å². The van der Waals surface area contributed by atoms with E-state index in [1.165, 1.54) is 16.7 Å². The number of nitrogens with zero attached hydrogens (tertiary/aromatic N) is 2. The highest BCUT2D eigenvalue weighted by Gasteiger charge is 2.17. The number of hydrogen-bond donors (Lipinski definition) is 2. The Balaban J connectivity index is 1.86. The zero-order valence-corrected chi connectivity index (χ0v) is 13.9. The minimum absolute atomic E-state index is 0.0291. The van der Waals surface area contributed by atoms with Crippen LogP contribution in [-0.2, 0) is 6.42 Å². The molecule has 0 aliphatic carbocycles. The molecule has 23 heavy (non-hydrogen) atoms. The lowest BCUT2D eigenvalue weighted by atomic mass is 9.99. The summed E-state index contributed by atoms with van der Waals surface area (Å²) in [4.78, 5) is 26.7. The van der Waals surface area contributed by atoms with Crippen molar-refractivity contribution in [1.29, 1.82) is 0 Å². The first-order valence-electron chi connectivity index (χ1n) is 7.47. The van der Waals surface area contributed by atoms with E-state index in [2.05, 4.69) is 29.3 Å². The Hall–Kier alpha value is -2.22. The minimum Gasteiger partial charge on any atom is -0.476 e. The van der Waals surface area contributed by atoms with Crippen LogP contribution in [-0.4, -0.2) is 33.7 Å². The van der Waals surface area contributed by atoms with E-state index in [4.69, 9.17) is 9.63 Å². The molecule has 0 aliphatic heterocycles. The zero-order valence-electron chi connectivity index (χ0n) is 13.0. The molecular formula is C15H19N3O4S. The van der Waals surface area contributed by atoms with E-state index < -0.39 is 5.97 Å². The molecule has 1 amide bonds. The second-order valence-electron chi connectivity index (χ2n) is 5.07. The summed E-state index contributed by atoms with van der Waals surface area (Å²) >= 11 is 1.26. The van der Waals surface area contributed by atoms with Crippen LogP contribution in [0.15, 0.2) is 16.0 Å². The summed E-state index contributed by atoms with van der Waals surface area (Å²) in [5, 5.41) is 17.6. The average Bonchev–Trinajstić information content (AvgIpc) is 3.18. The van der Waals surface area contributed by atoms with Crippen LogP contribution in [0, 0.1) is 0 Å². The molecule has 0 bridgehead atoms. The van der Waals surface area contributed by atoms with E-state index in [-0.39, 0.29) is 17.4 Å². The van der Waals surface area contributed by atoms with Gasteiger partial charge in [-0.2, -0.15) is 0 Å². The topological polar surface area (TPSA) is 105 Å². The SMILES string of the molecule is CCC(CC)c1cc(C(=O)NCCc2nc(C(=O)O)cs2)on1. The van der Waals surface area contributed by atoms with E-state index in [9.17, 15) is 9.59 Å². The number of carbonyl (C=O) groups excluding carboxylic acids is 1. The summed E-state index contributed by atoms with van der Waals surface area (Å²) in [5.74, 6) is -0.890. The van der Waals surface area contributed by atoms with Crippen molar-refractivity contribution < 1.29 is 19.2 Å². The molecule has 0 spiro atoms. The lowest BCUT2D eigenvalue weighted by molar-refractivity contribution is 0.0690. The molecule has 0 aliphatic rings. The van der Waals surface area contributed by atoms with Crippen molar-refractivity contribution in [2.24, 2.45) is 0 Å². The number of hydrogen-bond acceptors (Lipinski definition) is 6. The molecule has 0 fully saturated rings. The van der Waals surface area contributed by atoms with Crippen LogP contribution >= 0.6 is 11.3 Å². The van der Waals surface area contributed by atoms with E-state index in [0.717, 1.165) is 18.5 Å². The quantitative estimate of drug-likeness (QED) is 0.767. The first-order chi connectivity index (χ1) is 11.0. The van der Waals surface area contributed by atoms with Crippen molar-refractivity contribution in [2.75, 3.05) is 6.54 Å². The van der Waals surface area contributed by atoms with Gasteiger partial charge in [-0.25, -0.2) is 9.78 Å². The Morgan fingerprint density at radius 3 is 2.74 bits per heavy atom. The summed E-state index contributed by atoms with van der Waals surface area (Å²) in [6, 6.07) is 1.68. The Morgan fingerprint density at radius 2 is 2.13 bits per heavy atom. The highest BCUT2D eigenvalue weighted by Crippen LogP contribution is 2.22. The molecule has 0 saturated heterocycles. The number of carboxylic acid groups (broad SMARTS) is 1. The van der Waals surface area contributed by atoms with Gasteiger partial charge in [0.1, 0.15) is 0 Å². The van der Waals surface area contributed by atoms with Gasteiger partial charge in [0.2, 0.25) is 5.76 Å². The van der Waals surface area contributed by atoms with Crippen molar-refractivity contribution in [3.63, 3.8) is 0 Å². The fourth-order valence-electron chi connectivity index (χ4n) is 2.19. The van der Waals surface area contributed by atoms with E-state index in [0.29, 0.717) is 23.9 Å². The van der Waals surface area contributed by atoms with Gasteiger partial charge in [0.15, 0.2) is 5.69 Å². The maximum Gasteiger partial charge on any atom is 0.355 e. The molecule has 0 atom stereocenters. The fourth-order valence-corrected chi connectivity index (χ4v) is 2.96. The molecule has 0 unspecified atom stereocenters. The van der Waals surface area contributed by atoms with Crippen molar-refractivity contribution in [2.45, 2.75) is 39.0 Å². The zero-order chi connectivity index (χ0) is 16.8. The largest absolute Gasteiger partial charge is 0.476 e. The van der Waals surface area contributed by atoms with E-state index in [1.807, 2.05) is 0 Å². The number of carboxylic acids is 1. The lowest BCUT2D eigenvalue weighted by Crippen LogP contribution is -2.25. The molecule has 0 aromatic carbocycles. The van der Waals surface area contributed by atoms with Gasteiger partial charge in [-0.3, -0.25) is 4.79 Å². The predicted molar refractivity (Wildman–Crippen MR) is 84.9 cm³/mol. The third kappa shape index (κ3) is 4.38. The molecule has 2 heterocycles.